The van der Waals surface area contributed by atoms with Gasteiger partial charge >= 0.3 is 5.97 Å². The first kappa shape index (κ1) is 13.4. The molecule has 0 aromatic heterocycles. The van der Waals surface area contributed by atoms with Crippen LogP contribution in [0.1, 0.15) is 26.2 Å². The Labute approximate surface area is 94.7 Å². The maximum Gasteiger partial charge on any atom is 0.309 e. The maximum atomic E-state index is 12.9. The molecule has 1 atom stereocenters. The van der Waals surface area contributed by atoms with Gasteiger partial charge in [-0.3, -0.25) is 4.79 Å². The van der Waals surface area contributed by atoms with E-state index < -0.39 is 5.92 Å². The van der Waals surface area contributed by atoms with Crippen LogP contribution in [0.2, 0.25) is 0 Å². The fourth-order valence-electron chi connectivity index (χ4n) is 1.91. The molecule has 94 valence electrons. The Morgan fingerprint density at radius 3 is 2.44 bits per heavy atom. The monoisotopic (exact) mass is 235 g/mol. The van der Waals surface area contributed by atoms with Crippen molar-refractivity contribution in [2.75, 3.05) is 26.7 Å². The van der Waals surface area contributed by atoms with Crippen molar-refractivity contribution in [2.24, 2.45) is 5.92 Å². The minimum Gasteiger partial charge on any atom is -0.469 e. The van der Waals surface area contributed by atoms with Gasteiger partial charge in [0.25, 0.3) is 5.92 Å². The van der Waals surface area contributed by atoms with Crippen molar-refractivity contribution in [1.29, 1.82) is 0 Å². The van der Waals surface area contributed by atoms with Crippen LogP contribution >= 0.6 is 0 Å². The van der Waals surface area contributed by atoms with Gasteiger partial charge in [-0.1, -0.05) is 6.92 Å². The first-order valence-corrected chi connectivity index (χ1v) is 5.66. The highest BCUT2D eigenvalue weighted by atomic mass is 19.3. The number of likely N-dealkylation sites (tertiary alicyclic amines) is 1. The van der Waals surface area contributed by atoms with E-state index in [9.17, 15) is 13.6 Å². The predicted octanol–water partition coefficient (Wildman–Crippen LogP) is 1.92. The summed E-state index contributed by atoms with van der Waals surface area (Å²) in [5.74, 6) is -2.97. The van der Waals surface area contributed by atoms with Crippen molar-refractivity contribution in [3.63, 3.8) is 0 Å². The van der Waals surface area contributed by atoms with Crippen molar-refractivity contribution in [1.82, 2.24) is 4.90 Å². The van der Waals surface area contributed by atoms with Gasteiger partial charge in [-0.15, -0.1) is 0 Å². The SMILES string of the molecule is CCC(CN1CCC(F)(F)CC1)C(=O)OC. The number of alkyl halides is 2. The van der Waals surface area contributed by atoms with E-state index in [1.54, 1.807) is 0 Å². The van der Waals surface area contributed by atoms with Crippen LogP contribution in [0.4, 0.5) is 8.78 Å². The summed E-state index contributed by atoms with van der Waals surface area (Å²) < 4.78 is 30.5. The Kier molecular flexibility index (Phi) is 4.65. The largest absolute Gasteiger partial charge is 0.469 e. The molecule has 0 N–H and O–H groups in total. The number of methoxy groups -OCH3 is 1. The lowest BCUT2D eigenvalue weighted by atomic mass is 10.0. The number of nitrogens with zero attached hydrogens (tertiary/aromatic N) is 1. The van der Waals surface area contributed by atoms with E-state index in [0.29, 0.717) is 26.1 Å². The van der Waals surface area contributed by atoms with Crippen molar-refractivity contribution in [2.45, 2.75) is 32.1 Å². The van der Waals surface area contributed by atoms with Crippen LogP contribution in [-0.2, 0) is 9.53 Å². The van der Waals surface area contributed by atoms with Crippen LogP contribution in [0.15, 0.2) is 0 Å². The molecule has 1 fully saturated rings. The minimum atomic E-state index is -2.52. The molecule has 0 spiro atoms. The molecule has 0 aromatic rings. The van der Waals surface area contributed by atoms with Crippen molar-refractivity contribution in [3.8, 4) is 0 Å². The van der Waals surface area contributed by atoms with Gasteiger partial charge in [0.15, 0.2) is 0 Å². The number of hydrogen-bond donors (Lipinski definition) is 0. The summed E-state index contributed by atoms with van der Waals surface area (Å²) in [6.07, 6.45) is 0.467. The molecule has 0 radical (unpaired) electrons. The summed E-state index contributed by atoms with van der Waals surface area (Å²) in [5, 5.41) is 0. The molecule has 0 aliphatic carbocycles. The van der Waals surface area contributed by atoms with Crippen molar-refractivity contribution in [3.05, 3.63) is 0 Å². The van der Waals surface area contributed by atoms with Crippen molar-refractivity contribution < 1.29 is 18.3 Å². The standard InChI is InChI=1S/C11H19F2NO2/c1-3-9(10(15)16-2)8-14-6-4-11(12,13)5-7-14/h9H,3-8H2,1-2H3. The molecule has 5 heteroatoms. The second-order valence-corrected chi connectivity index (χ2v) is 4.28. The summed E-state index contributed by atoms with van der Waals surface area (Å²) in [6, 6.07) is 0. The highest BCUT2D eigenvalue weighted by Gasteiger charge is 2.35. The molecule has 1 rings (SSSR count). The molecule has 0 bridgehead atoms. The number of hydrogen-bond acceptors (Lipinski definition) is 3. The highest BCUT2D eigenvalue weighted by Crippen LogP contribution is 2.28. The van der Waals surface area contributed by atoms with Gasteiger partial charge in [-0.2, -0.15) is 0 Å². The number of ether oxygens (including phenoxy) is 1. The Hall–Kier alpha value is -0.710. The Balaban J connectivity index is 2.40. The number of esters is 1. The second-order valence-electron chi connectivity index (χ2n) is 4.28. The average Bonchev–Trinajstić information content (AvgIpc) is 2.27. The highest BCUT2D eigenvalue weighted by molar-refractivity contribution is 5.72. The first-order valence-electron chi connectivity index (χ1n) is 5.66. The zero-order valence-electron chi connectivity index (χ0n) is 9.84. The summed E-state index contributed by atoms with van der Waals surface area (Å²) in [7, 11) is 1.36. The third kappa shape index (κ3) is 3.70. The topological polar surface area (TPSA) is 29.5 Å². The fraction of sp³-hybridized carbons (Fsp3) is 0.909. The number of halogens is 2. The van der Waals surface area contributed by atoms with E-state index in [1.165, 1.54) is 7.11 Å². The molecule has 0 aromatic carbocycles. The lowest BCUT2D eigenvalue weighted by Gasteiger charge is -2.33. The van der Waals surface area contributed by atoms with Crippen LogP contribution < -0.4 is 0 Å². The lowest BCUT2D eigenvalue weighted by Crippen LogP contribution is -2.42. The summed E-state index contributed by atoms with van der Waals surface area (Å²) >= 11 is 0. The molecule has 0 saturated carbocycles. The van der Waals surface area contributed by atoms with Gasteiger partial charge < -0.3 is 9.64 Å². The van der Waals surface area contributed by atoms with Gasteiger partial charge in [0.1, 0.15) is 0 Å². The van der Waals surface area contributed by atoms with Gasteiger partial charge in [0, 0.05) is 32.5 Å². The molecule has 1 heterocycles. The predicted molar refractivity (Wildman–Crippen MR) is 56.4 cm³/mol. The second kappa shape index (κ2) is 5.57. The van der Waals surface area contributed by atoms with E-state index in [0.717, 1.165) is 0 Å². The van der Waals surface area contributed by atoms with E-state index in [-0.39, 0.29) is 24.7 Å². The smallest absolute Gasteiger partial charge is 0.309 e. The van der Waals surface area contributed by atoms with E-state index in [1.807, 2.05) is 11.8 Å². The zero-order chi connectivity index (χ0) is 12.2. The average molecular weight is 235 g/mol. The van der Waals surface area contributed by atoms with E-state index in [4.69, 9.17) is 0 Å². The molecule has 0 amide bonds. The van der Waals surface area contributed by atoms with Crippen LogP contribution in [0.25, 0.3) is 0 Å². The number of carbonyl (C=O) groups excluding carboxylic acids is 1. The quantitative estimate of drug-likeness (QED) is 0.697. The third-order valence-corrected chi connectivity index (χ3v) is 3.09. The van der Waals surface area contributed by atoms with Gasteiger partial charge in [0.05, 0.1) is 13.0 Å². The molecule has 1 unspecified atom stereocenters. The molecule has 16 heavy (non-hydrogen) atoms. The summed E-state index contributed by atoms with van der Waals surface area (Å²) in [6.45, 7) is 3.15. The fourth-order valence-corrected chi connectivity index (χ4v) is 1.91. The zero-order valence-corrected chi connectivity index (χ0v) is 9.84. The molecule has 1 aliphatic rings. The van der Waals surface area contributed by atoms with Gasteiger partial charge in [-0.25, -0.2) is 8.78 Å². The third-order valence-electron chi connectivity index (χ3n) is 3.09. The van der Waals surface area contributed by atoms with Gasteiger partial charge in [-0.05, 0) is 6.42 Å². The van der Waals surface area contributed by atoms with E-state index >= 15 is 0 Å². The van der Waals surface area contributed by atoms with Crippen molar-refractivity contribution >= 4 is 5.97 Å². The van der Waals surface area contributed by atoms with Crippen LogP contribution in [0, 0.1) is 5.92 Å². The molecule has 1 aliphatic heterocycles. The minimum absolute atomic E-state index is 0.107. The Bertz CT molecular complexity index is 236. The summed E-state index contributed by atoms with van der Waals surface area (Å²) in [5.41, 5.74) is 0. The maximum absolute atomic E-state index is 12.9. The van der Waals surface area contributed by atoms with Crippen LogP contribution in [0.3, 0.4) is 0 Å². The molecule has 1 saturated heterocycles. The lowest BCUT2D eigenvalue weighted by molar-refractivity contribution is -0.146. The number of carbonyl (C=O) groups is 1. The molecular weight excluding hydrogens is 216 g/mol. The Morgan fingerprint density at radius 1 is 1.44 bits per heavy atom. The number of piperidine rings is 1. The Morgan fingerprint density at radius 2 is 2.00 bits per heavy atom. The molecular formula is C11H19F2NO2. The summed E-state index contributed by atoms with van der Waals surface area (Å²) in [4.78, 5) is 13.3. The number of rotatable bonds is 4. The van der Waals surface area contributed by atoms with Gasteiger partial charge in [0.2, 0.25) is 0 Å². The first-order chi connectivity index (χ1) is 7.48. The van der Waals surface area contributed by atoms with Crippen LogP contribution in [0.5, 0.6) is 0 Å². The molecule has 3 nitrogen and oxygen atoms in total. The normalized spacial score (nSPS) is 22.8. The van der Waals surface area contributed by atoms with E-state index in [2.05, 4.69) is 4.74 Å². The van der Waals surface area contributed by atoms with Crippen LogP contribution in [-0.4, -0.2) is 43.5 Å².